The minimum atomic E-state index is 0.230. The van der Waals surface area contributed by atoms with Crippen LogP contribution in [0.1, 0.15) is 31.7 Å². The molecule has 2 aromatic heterocycles. The second kappa shape index (κ2) is 5.98. The highest BCUT2D eigenvalue weighted by Gasteiger charge is 2.20. The average molecular weight is 346 g/mol. The molecule has 1 aliphatic rings. The standard InChI is InChI=1S/C20H18N4O2/c25-16-8-5-13(6-9-16)18-12-26-20(21-18)14-7-10-19-17(11-14)22-23-24(19)15-3-1-2-4-15/h5-12,15,25H,1-4H2. The van der Waals surface area contributed by atoms with Crippen LogP contribution in [-0.4, -0.2) is 25.1 Å². The first-order chi connectivity index (χ1) is 12.8. The van der Waals surface area contributed by atoms with Gasteiger partial charge in [0.05, 0.1) is 11.6 Å². The Hall–Kier alpha value is -3.15. The predicted octanol–water partition coefficient (Wildman–Crippen LogP) is 4.57. The van der Waals surface area contributed by atoms with Crippen molar-refractivity contribution in [3.05, 3.63) is 48.7 Å². The number of aromatic hydroxyl groups is 1. The number of benzene rings is 2. The van der Waals surface area contributed by atoms with E-state index in [-0.39, 0.29) is 5.75 Å². The summed E-state index contributed by atoms with van der Waals surface area (Å²) in [5, 5.41) is 18.1. The van der Waals surface area contributed by atoms with Crippen molar-refractivity contribution in [1.29, 1.82) is 0 Å². The van der Waals surface area contributed by atoms with Crippen LogP contribution in [0.15, 0.2) is 53.1 Å². The molecule has 26 heavy (non-hydrogen) atoms. The van der Waals surface area contributed by atoms with Crippen molar-refractivity contribution in [2.24, 2.45) is 0 Å². The van der Waals surface area contributed by atoms with Gasteiger partial charge < -0.3 is 9.52 Å². The van der Waals surface area contributed by atoms with E-state index in [1.807, 2.05) is 30.3 Å². The Labute approximate surface area is 150 Å². The van der Waals surface area contributed by atoms with Crippen LogP contribution >= 0.6 is 0 Å². The summed E-state index contributed by atoms with van der Waals surface area (Å²) in [5.41, 5.74) is 4.42. The van der Waals surface area contributed by atoms with Gasteiger partial charge in [0.15, 0.2) is 0 Å². The molecule has 1 aliphatic carbocycles. The van der Waals surface area contributed by atoms with Gasteiger partial charge in [-0.3, -0.25) is 0 Å². The van der Waals surface area contributed by atoms with Gasteiger partial charge in [-0.15, -0.1) is 5.10 Å². The van der Waals surface area contributed by atoms with Gasteiger partial charge in [0.25, 0.3) is 0 Å². The van der Waals surface area contributed by atoms with Gasteiger partial charge in [-0.2, -0.15) is 0 Å². The van der Waals surface area contributed by atoms with Gasteiger partial charge in [0.2, 0.25) is 5.89 Å². The second-order valence-electron chi connectivity index (χ2n) is 6.76. The first kappa shape index (κ1) is 15.1. The van der Waals surface area contributed by atoms with Crippen molar-refractivity contribution >= 4 is 11.0 Å². The van der Waals surface area contributed by atoms with Gasteiger partial charge >= 0.3 is 0 Å². The first-order valence-corrected chi connectivity index (χ1v) is 8.88. The van der Waals surface area contributed by atoms with Crippen molar-refractivity contribution in [2.75, 3.05) is 0 Å². The number of hydrogen-bond acceptors (Lipinski definition) is 5. The topological polar surface area (TPSA) is 77.0 Å². The number of phenolic OH excluding ortho intramolecular Hbond substituents is 1. The quantitative estimate of drug-likeness (QED) is 0.588. The Morgan fingerprint density at radius 2 is 1.77 bits per heavy atom. The maximum absolute atomic E-state index is 9.41. The van der Waals surface area contributed by atoms with Gasteiger partial charge in [-0.25, -0.2) is 9.67 Å². The van der Waals surface area contributed by atoms with Gasteiger partial charge in [-0.1, -0.05) is 18.1 Å². The largest absolute Gasteiger partial charge is 0.508 e. The summed E-state index contributed by atoms with van der Waals surface area (Å²) in [6.45, 7) is 0. The van der Waals surface area contributed by atoms with Crippen LogP contribution in [0.2, 0.25) is 0 Å². The summed E-state index contributed by atoms with van der Waals surface area (Å²) in [4.78, 5) is 4.57. The molecule has 0 saturated heterocycles. The fourth-order valence-corrected chi connectivity index (χ4v) is 3.66. The van der Waals surface area contributed by atoms with E-state index >= 15 is 0 Å². The minimum absolute atomic E-state index is 0.230. The highest BCUT2D eigenvalue weighted by Crippen LogP contribution is 2.32. The monoisotopic (exact) mass is 346 g/mol. The molecular formula is C20H18N4O2. The lowest BCUT2D eigenvalue weighted by molar-refractivity contribution is 0.467. The summed E-state index contributed by atoms with van der Waals surface area (Å²) < 4.78 is 7.72. The molecule has 4 aromatic rings. The molecule has 1 fully saturated rings. The van der Waals surface area contributed by atoms with E-state index in [2.05, 4.69) is 20.0 Å². The number of rotatable bonds is 3. The van der Waals surface area contributed by atoms with Gasteiger partial charge in [0, 0.05) is 11.1 Å². The molecule has 5 rings (SSSR count). The molecule has 130 valence electrons. The highest BCUT2D eigenvalue weighted by atomic mass is 16.3. The van der Waals surface area contributed by atoms with Crippen LogP contribution in [0.4, 0.5) is 0 Å². The Kier molecular flexibility index (Phi) is 3.48. The molecule has 6 heteroatoms. The molecule has 0 amide bonds. The normalized spacial score (nSPS) is 15.1. The van der Waals surface area contributed by atoms with Crippen LogP contribution in [0.5, 0.6) is 5.75 Å². The molecule has 0 bridgehead atoms. The van der Waals surface area contributed by atoms with E-state index in [0.29, 0.717) is 11.9 Å². The van der Waals surface area contributed by atoms with Crippen molar-refractivity contribution < 1.29 is 9.52 Å². The molecule has 0 atom stereocenters. The lowest BCUT2D eigenvalue weighted by Crippen LogP contribution is -2.06. The van der Waals surface area contributed by atoms with Crippen LogP contribution < -0.4 is 0 Å². The van der Waals surface area contributed by atoms with Gasteiger partial charge in [0.1, 0.15) is 23.2 Å². The molecule has 0 spiro atoms. The number of hydrogen-bond donors (Lipinski definition) is 1. The molecular weight excluding hydrogens is 328 g/mol. The van der Waals surface area contributed by atoms with E-state index in [9.17, 15) is 5.11 Å². The van der Waals surface area contributed by atoms with Crippen LogP contribution in [0.3, 0.4) is 0 Å². The minimum Gasteiger partial charge on any atom is -0.508 e. The van der Waals surface area contributed by atoms with Crippen LogP contribution in [0.25, 0.3) is 33.7 Å². The molecule has 2 heterocycles. The first-order valence-electron chi connectivity index (χ1n) is 8.88. The highest BCUT2D eigenvalue weighted by molar-refractivity contribution is 5.80. The molecule has 0 radical (unpaired) electrons. The maximum atomic E-state index is 9.41. The van der Waals surface area contributed by atoms with Crippen molar-refractivity contribution in [1.82, 2.24) is 20.0 Å². The van der Waals surface area contributed by atoms with E-state index < -0.39 is 0 Å². The summed E-state index contributed by atoms with van der Waals surface area (Å²) in [6.07, 6.45) is 6.51. The number of nitrogens with zero attached hydrogens (tertiary/aromatic N) is 4. The number of oxazole rings is 1. The Morgan fingerprint density at radius 1 is 1.00 bits per heavy atom. The molecule has 0 aliphatic heterocycles. The third-order valence-electron chi connectivity index (χ3n) is 5.06. The zero-order chi connectivity index (χ0) is 17.5. The molecule has 2 aromatic carbocycles. The fourth-order valence-electron chi connectivity index (χ4n) is 3.66. The lowest BCUT2D eigenvalue weighted by atomic mass is 10.1. The number of phenols is 1. The molecule has 0 unspecified atom stereocenters. The maximum Gasteiger partial charge on any atom is 0.226 e. The van der Waals surface area contributed by atoms with E-state index in [4.69, 9.17) is 4.42 Å². The summed E-state index contributed by atoms with van der Waals surface area (Å²) in [6, 6.07) is 13.4. The molecule has 1 saturated carbocycles. The van der Waals surface area contributed by atoms with E-state index in [1.54, 1.807) is 18.4 Å². The summed E-state index contributed by atoms with van der Waals surface area (Å²) >= 11 is 0. The second-order valence-corrected chi connectivity index (χ2v) is 6.76. The number of aromatic nitrogens is 4. The third-order valence-corrected chi connectivity index (χ3v) is 5.06. The third kappa shape index (κ3) is 2.54. The molecule has 6 nitrogen and oxygen atoms in total. The Balaban J connectivity index is 1.48. The van der Waals surface area contributed by atoms with Crippen LogP contribution in [0, 0.1) is 0 Å². The smallest absolute Gasteiger partial charge is 0.226 e. The summed E-state index contributed by atoms with van der Waals surface area (Å²) in [5.74, 6) is 0.777. The average Bonchev–Trinajstić information content (AvgIpc) is 3.41. The van der Waals surface area contributed by atoms with Gasteiger partial charge in [-0.05, 0) is 55.3 Å². The zero-order valence-corrected chi connectivity index (χ0v) is 14.2. The Morgan fingerprint density at radius 3 is 2.58 bits per heavy atom. The van der Waals surface area contributed by atoms with E-state index in [1.165, 1.54) is 25.7 Å². The SMILES string of the molecule is Oc1ccc(-c2coc(-c3ccc4c(c3)nnn4C3CCCC3)n2)cc1. The van der Waals surface area contributed by atoms with E-state index in [0.717, 1.165) is 27.9 Å². The Bertz CT molecular complexity index is 1060. The molecule has 1 N–H and O–H groups in total. The predicted molar refractivity (Wildman–Crippen MR) is 97.6 cm³/mol. The summed E-state index contributed by atoms with van der Waals surface area (Å²) in [7, 11) is 0. The zero-order valence-electron chi connectivity index (χ0n) is 14.2. The van der Waals surface area contributed by atoms with Crippen molar-refractivity contribution in [2.45, 2.75) is 31.7 Å². The lowest BCUT2D eigenvalue weighted by Gasteiger charge is -2.09. The van der Waals surface area contributed by atoms with Crippen LogP contribution in [-0.2, 0) is 0 Å². The number of fused-ring (bicyclic) bond motifs is 1. The van der Waals surface area contributed by atoms with Crippen molar-refractivity contribution in [3.8, 4) is 28.5 Å². The fraction of sp³-hybridized carbons (Fsp3) is 0.250. The van der Waals surface area contributed by atoms with Crippen molar-refractivity contribution in [3.63, 3.8) is 0 Å².